The Hall–Kier alpha value is -0.780. The first-order valence-electron chi connectivity index (χ1n) is 9.14. The molecule has 0 aliphatic carbocycles. The molecule has 0 bridgehead atoms. The minimum Gasteiger partial charge on any atom is -0.103 e. The topological polar surface area (TPSA) is 0 Å². The average molecular weight is 291 g/mol. The van der Waals surface area contributed by atoms with Crippen molar-refractivity contribution in [3.63, 3.8) is 0 Å². The molecule has 21 heavy (non-hydrogen) atoms. The Kier molecular flexibility index (Phi) is 15.0. The maximum absolute atomic E-state index is 3.86. The molecule has 1 unspecified atom stereocenters. The summed E-state index contributed by atoms with van der Waals surface area (Å²) in [5, 5.41) is 0. The van der Waals surface area contributed by atoms with Crippen LogP contribution in [0.5, 0.6) is 0 Å². The Labute approximate surface area is 134 Å². The van der Waals surface area contributed by atoms with Crippen molar-refractivity contribution in [3.05, 3.63) is 37.0 Å². The lowest BCUT2D eigenvalue weighted by Gasteiger charge is -2.13. The highest BCUT2D eigenvalue weighted by atomic mass is 14.1. The van der Waals surface area contributed by atoms with E-state index in [1.165, 1.54) is 70.6 Å². The van der Waals surface area contributed by atoms with Gasteiger partial charge in [-0.3, -0.25) is 0 Å². The van der Waals surface area contributed by atoms with E-state index in [2.05, 4.69) is 39.2 Å². The third kappa shape index (κ3) is 13.9. The molecule has 0 aromatic rings. The molecule has 0 saturated carbocycles. The zero-order chi connectivity index (χ0) is 15.8. The molecule has 0 fully saturated rings. The van der Waals surface area contributed by atoms with Crippen molar-refractivity contribution in [1.82, 2.24) is 0 Å². The molecule has 1 atom stereocenters. The van der Waals surface area contributed by atoms with E-state index in [1.54, 1.807) is 5.57 Å². The molecule has 0 heterocycles. The van der Waals surface area contributed by atoms with Crippen LogP contribution in [0.2, 0.25) is 0 Å². The van der Waals surface area contributed by atoms with Gasteiger partial charge in [-0.2, -0.15) is 0 Å². The highest BCUT2D eigenvalue weighted by Crippen LogP contribution is 2.22. The van der Waals surface area contributed by atoms with Crippen LogP contribution in [0.3, 0.4) is 0 Å². The Bertz CT molecular complexity index is 272. The van der Waals surface area contributed by atoms with Crippen LogP contribution in [0.1, 0.15) is 90.9 Å². The molecular weight excluding hydrogens is 252 g/mol. The Morgan fingerprint density at radius 3 is 2.19 bits per heavy atom. The number of hydrogen-bond donors (Lipinski definition) is 0. The molecule has 0 saturated heterocycles. The van der Waals surface area contributed by atoms with Crippen LogP contribution in [-0.4, -0.2) is 0 Å². The van der Waals surface area contributed by atoms with Crippen molar-refractivity contribution in [2.24, 2.45) is 5.92 Å². The second kappa shape index (κ2) is 15.6. The molecule has 0 aliphatic rings. The maximum atomic E-state index is 3.86. The fraction of sp³-hybridized carbons (Fsp3) is 0.714. The first kappa shape index (κ1) is 20.2. The molecule has 0 heteroatoms. The van der Waals surface area contributed by atoms with E-state index in [1.807, 2.05) is 6.08 Å². The number of unbranched alkanes of at least 4 members (excludes halogenated alkanes) is 7. The molecule has 0 aromatic heterocycles. The predicted molar refractivity (Wildman–Crippen MR) is 98.7 cm³/mol. The molecule has 0 radical (unpaired) electrons. The molecule has 0 aromatic carbocycles. The normalized spacial score (nSPS) is 13.1. The van der Waals surface area contributed by atoms with Crippen LogP contribution in [0, 0.1) is 5.92 Å². The van der Waals surface area contributed by atoms with Crippen molar-refractivity contribution >= 4 is 0 Å². The van der Waals surface area contributed by atoms with Gasteiger partial charge in [-0.15, -0.1) is 13.2 Å². The summed E-state index contributed by atoms with van der Waals surface area (Å²) in [4.78, 5) is 0. The van der Waals surface area contributed by atoms with Gasteiger partial charge in [-0.25, -0.2) is 0 Å². The maximum Gasteiger partial charge on any atom is -0.0291 e. The van der Waals surface area contributed by atoms with Gasteiger partial charge in [-0.05, 0) is 50.9 Å². The van der Waals surface area contributed by atoms with Crippen molar-refractivity contribution in [2.75, 3.05) is 0 Å². The lowest BCUT2D eigenvalue weighted by molar-refractivity contribution is 0.551. The van der Waals surface area contributed by atoms with Gasteiger partial charge < -0.3 is 0 Å². The molecule has 0 spiro atoms. The lowest BCUT2D eigenvalue weighted by atomic mass is 9.93. The van der Waals surface area contributed by atoms with Crippen LogP contribution >= 0.6 is 0 Å². The summed E-state index contributed by atoms with van der Waals surface area (Å²) in [7, 11) is 0. The third-order valence-electron chi connectivity index (χ3n) is 4.06. The molecular formula is C21H38. The van der Waals surface area contributed by atoms with Gasteiger partial charge in [0.25, 0.3) is 0 Å². The van der Waals surface area contributed by atoms with E-state index >= 15 is 0 Å². The second-order valence-electron chi connectivity index (χ2n) is 6.43. The van der Waals surface area contributed by atoms with Crippen molar-refractivity contribution in [2.45, 2.75) is 90.9 Å². The van der Waals surface area contributed by atoms with Gasteiger partial charge in [0.1, 0.15) is 0 Å². The fourth-order valence-corrected chi connectivity index (χ4v) is 2.80. The largest absolute Gasteiger partial charge is 0.103 e. The number of hydrogen-bond acceptors (Lipinski definition) is 0. The minimum absolute atomic E-state index is 0.754. The number of rotatable bonds is 15. The van der Waals surface area contributed by atoms with Crippen LogP contribution in [-0.2, 0) is 0 Å². The summed E-state index contributed by atoms with van der Waals surface area (Å²) in [6.45, 7) is 12.3. The Balaban J connectivity index is 3.80. The average Bonchev–Trinajstić information content (AvgIpc) is 2.47. The minimum atomic E-state index is 0.754. The van der Waals surface area contributed by atoms with Crippen molar-refractivity contribution in [1.29, 1.82) is 0 Å². The highest BCUT2D eigenvalue weighted by Gasteiger charge is 2.04. The van der Waals surface area contributed by atoms with E-state index in [0.29, 0.717) is 0 Å². The standard InChI is InChI=1S/C21H38/c1-5-8-10-11-12-13-14-15-18-21(17-9-6-2)19-20(4)16-7-3/h5,7,17,20H,1,3,6,8-16,18-19H2,2,4H3. The zero-order valence-corrected chi connectivity index (χ0v) is 14.7. The summed E-state index contributed by atoms with van der Waals surface area (Å²) >= 11 is 0. The summed E-state index contributed by atoms with van der Waals surface area (Å²) in [5.74, 6) is 0.754. The van der Waals surface area contributed by atoms with Crippen LogP contribution in [0.15, 0.2) is 37.0 Å². The first-order chi connectivity index (χ1) is 10.2. The van der Waals surface area contributed by atoms with E-state index in [4.69, 9.17) is 0 Å². The molecule has 122 valence electrons. The Morgan fingerprint density at radius 1 is 0.905 bits per heavy atom. The zero-order valence-electron chi connectivity index (χ0n) is 14.7. The Morgan fingerprint density at radius 2 is 1.57 bits per heavy atom. The predicted octanol–water partition coefficient (Wildman–Crippen LogP) is 7.62. The van der Waals surface area contributed by atoms with Crippen LogP contribution < -0.4 is 0 Å². The van der Waals surface area contributed by atoms with Gasteiger partial charge in [0.05, 0.1) is 0 Å². The second-order valence-corrected chi connectivity index (χ2v) is 6.43. The van der Waals surface area contributed by atoms with E-state index in [9.17, 15) is 0 Å². The lowest BCUT2D eigenvalue weighted by Crippen LogP contribution is -1.96. The van der Waals surface area contributed by atoms with Gasteiger partial charge in [-0.1, -0.05) is 69.8 Å². The van der Waals surface area contributed by atoms with E-state index in [-0.39, 0.29) is 0 Å². The van der Waals surface area contributed by atoms with E-state index in [0.717, 1.165) is 12.3 Å². The van der Waals surface area contributed by atoms with Crippen LogP contribution in [0.4, 0.5) is 0 Å². The quantitative estimate of drug-likeness (QED) is 0.215. The number of allylic oxidation sites excluding steroid dienone is 4. The van der Waals surface area contributed by atoms with E-state index < -0.39 is 0 Å². The smallest absolute Gasteiger partial charge is 0.0291 e. The van der Waals surface area contributed by atoms with Crippen LogP contribution in [0.25, 0.3) is 0 Å². The highest BCUT2D eigenvalue weighted by molar-refractivity contribution is 5.03. The SMILES string of the molecule is C=CCCCCCCCCC(=CCCC)CC(C)CC=C. The fourth-order valence-electron chi connectivity index (χ4n) is 2.80. The summed E-state index contributed by atoms with van der Waals surface area (Å²) in [6, 6.07) is 0. The molecule has 0 aliphatic heterocycles. The third-order valence-corrected chi connectivity index (χ3v) is 4.06. The van der Waals surface area contributed by atoms with Crippen molar-refractivity contribution < 1.29 is 0 Å². The molecule has 0 rings (SSSR count). The summed E-state index contributed by atoms with van der Waals surface area (Å²) in [5.41, 5.74) is 1.69. The monoisotopic (exact) mass is 290 g/mol. The van der Waals surface area contributed by atoms with Crippen molar-refractivity contribution in [3.8, 4) is 0 Å². The molecule has 0 nitrogen and oxygen atoms in total. The van der Waals surface area contributed by atoms with Gasteiger partial charge in [0.15, 0.2) is 0 Å². The summed E-state index contributed by atoms with van der Waals surface area (Å²) in [6.07, 6.45) is 22.3. The van der Waals surface area contributed by atoms with Gasteiger partial charge >= 0.3 is 0 Å². The van der Waals surface area contributed by atoms with Gasteiger partial charge in [0.2, 0.25) is 0 Å². The first-order valence-corrected chi connectivity index (χ1v) is 9.14. The van der Waals surface area contributed by atoms with Gasteiger partial charge in [0, 0.05) is 0 Å². The summed E-state index contributed by atoms with van der Waals surface area (Å²) < 4.78 is 0. The molecule has 0 N–H and O–H groups in total. The molecule has 0 amide bonds.